The highest BCUT2D eigenvalue weighted by Gasteiger charge is 2.42. The van der Waals surface area contributed by atoms with E-state index in [9.17, 15) is 27.2 Å². The number of carbonyl (C=O) groups is 2. The number of benzene rings is 1. The van der Waals surface area contributed by atoms with Crippen LogP contribution in [0.15, 0.2) is 24.3 Å². The summed E-state index contributed by atoms with van der Waals surface area (Å²) in [4.78, 5) is 27.7. The molecule has 1 saturated heterocycles. The summed E-state index contributed by atoms with van der Waals surface area (Å²) in [5.74, 6) is -1.17. The highest BCUT2D eigenvalue weighted by molar-refractivity contribution is 5.97. The fraction of sp³-hybridized carbons (Fsp3) is 0.714. The zero-order valence-corrected chi connectivity index (χ0v) is 20.9. The van der Waals surface area contributed by atoms with Crippen molar-refractivity contribution in [3.63, 3.8) is 0 Å². The van der Waals surface area contributed by atoms with Gasteiger partial charge in [-0.25, -0.2) is 4.39 Å². The standard InChI is InChI=1S/C28H38F4N2O2/c29-24-9-5-20(6-10-24)26(35)21-14-17-34(18-15-21)16-13-19-1-11-25(12-2-19)33-27(36)22-3-7-23(8-4-22)28(30,31)32/h5-6,9-10,19,21-23,25H,1-4,7-8,11-18H2,(H,33,36). The number of ketones is 1. The first kappa shape index (κ1) is 27.1. The molecule has 1 aliphatic heterocycles. The molecule has 0 radical (unpaired) electrons. The molecule has 0 spiro atoms. The summed E-state index contributed by atoms with van der Waals surface area (Å²) in [6.07, 6.45) is 3.41. The molecule has 1 amide bonds. The summed E-state index contributed by atoms with van der Waals surface area (Å²) in [6, 6.07) is 5.96. The summed E-state index contributed by atoms with van der Waals surface area (Å²) in [5.41, 5.74) is 0.590. The molecule has 8 heteroatoms. The molecular formula is C28H38F4N2O2. The number of nitrogens with one attached hydrogen (secondary N) is 1. The van der Waals surface area contributed by atoms with Crippen molar-refractivity contribution in [1.82, 2.24) is 10.2 Å². The van der Waals surface area contributed by atoms with Gasteiger partial charge in [0.05, 0.1) is 5.92 Å². The SMILES string of the molecule is O=C(NC1CCC(CCN2CCC(C(=O)c3ccc(F)cc3)CC2)CC1)C1CCC(C(F)(F)F)CC1. The van der Waals surface area contributed by atoms with Crippen LogP contribution < -0.4 is 5.32 Å². The highest BCUT2D eigenvalue weighted by Crippen LogP contribution is 2.39. The lowest BCUT2D eigenvalue weighted by atomic mass is 9.80. The molecule has 3 aliphatic rings. The monoisotopic (exact) mass is 510 g/mol. The van der Waals surface area contributed by atoms with Gasteiger partial charge in [0, 0.05) is 23.4 Å². The van der Waals surface area contributed by atoms with Gasteiger partial charge in [0.2, 0.25) is 5.91 Å². The molecule has 1 N–H and O–H groups in total. The normalized spacial score (nSPS) is 28.6. The Labute approximate surface area is 211 Å². The first-order valence-corrected chi connectivity index (χ1v) is 13.6. The zero-order valence-electron chi connectivity index (χ0n) is 20.9. The third-order valence-corrected chi connectivity index (χ3v) is 8.69. The Hall–Kier alpha value is -1.96. The topological polar surface area (TPSA) is 49.4 Å². The highest BCUT2D eigenvalue weighted by atomic mass is 19.4. The van der Waals surface area contributed by atoms with Crippen LogP contribution in [0.2, 0.25) is 0 Å². The molecule has 0 atom stereocenters. The smallest absolute Gasteiger partial charge is 0.353 e. The first-order valence-electron chi connectivity index (χ1n) is 13.6. The van der Waals surface area contributed by atoms with Crippen molar-refractivity contribution >= 4 is 11.7 Å². The molecule has 36 heavy (non-hydrogen) atoms. The van der Waals surface area contributed by atoms with Gasteiger partial charge in [0.1, 0.15) is 5.82 Å². The van der Waals surface area contributed by atoms with E-state index in [-0.39, 0.29) is 48.2 Å². The van der Waals surface area contributed by atoms with Gasteiger partial charge < -0.3 is 10.2 Å². The molecule has 4 nitrogen and oxygen atoms in total. The number of hydrogen-bond donors (Lipinski definition) is 1. The fourth-order valence-corrected chi connectivity index (χ4v) is 6.23. The van der Waals surface area contributed by atoms with E-state index in [0.29, 0.717) is 24.3 Å². The Morgan fingerprint density at radius 1 is 0.833 bits per heavy atom. The van der Waals surface area contributed by atoms with Gasteiger partial charge in [-0.15, -0.1) is 0 Å². The maximum absolute atomic E-state index is 13.1. The number of alkyl halides is 3. The van der Waals surface area contributed by atoms with Crippen LogP contribution >= 0.6 is 0 Å². The first-order chi connectivity index (χ1) is 17.2. The van der Waals surface area contributed by atoms with Crippen molar-refractivity contribution in [2.75, 3.05) is 19.6 Å². The molecule has 1 aromatic carbocycles. The van der Waals surface area contributed by atoms with E-state index in [4.69, 9.17) is 0 Å². The predicted octanol–water partition coefficient (Wildman–Crippen LogP) is 6.15. The van der Waals surface area contributed by atoms with Crippen LogP contribution in [-0.4, -0.2) is 48.4 Å². The second kappa shape index (κ2) is 12.1. The van der Waals surface area contributed by atoms with Gasteiger partial charge in [-0.2, -0.15) is 13.2 Å². The Morgan fingerprint density at radius 3 is 2.03 bits per heavy atom. The van der Waals surface area contributed by atoms with Crippen molar-refractivity contribution in [3.05, 3.63) is 35.6 Å². The van der Waals surface area contributed by atoms with E-state index in [1.165, 1.54) is 12.1 Å². The van der Waals surface area contributed by atoms with Crippen molar-refractivity contribution in [3.8, 4) is 0 Å². The third kappa shape index (κ3) is 7.30. The van der Waals surface area contributed by atoms with Crippen LogP contribution in [0, 0.1) is 29.5 Å². The summed E-state index contributed by atoms with van der Waals surface area (Å²) in [5, 5.41) is 3.12. The molecule has 0 bridgehead atoms. The minimum Gasteiger partial charge on any atom is -0.353 e. The molecule has 1 aromatic rings. The molecular weight excluding hydrogens is 472 g/mol. The molecule has 3 fully saturated rings. The second-order valence-electron chi connectivity index (χ2n) is 11.1. The summed E-state index contributed by atoms with van der Waals surface area (Å²) < 4.78 is 51.7. The average Bonchev–Trinajstić information content (AvgIpc) is 2.88. The van der Waals surface area contributed by atoms with E-state index in [1.54, 1.807) is 12.1 Å². The zero-order chi connectivity index (χ0) is 25.7. The number of likely N-dealkylation sites (tertiary alicyclic amines) is 1. The van der Waals surface area contributed by atoms with E-state index in [1.807, 2.05) is 0 Å². The minimum absolute atomic E-state index is 0.00859. The number of piperidine rings is 1. The fourth-order valence-electron chi connectivity index (χ4n) is 6.23. The van der Waals surface area contributed by atoms with Crippen molar-refractivity contribution in [2.24, 2.45) is 23.7 Å². The molecule has 2 saturated carbocycles. The van der Waals surface area contributed by atoms with Crippen LogP contribution in [0.5, 0.6) is 0 Å². The quantitative estimate of drug-likeness (QED) is 0.353. The van der Waals surface area contributed by atoms with Gasteiger partial charge in [0.25, 0.3) is 0 Å². The Balaban J connectivity index is 1.10. The molecule has 0 aromatic heterocycles. The molecule has 200 valence electrons. The maximum Gasteiger partial charge on any atom is 0.391 e. The minimum atomic E-state index is -4.14. The number of hydrogen-bond acceptors (Lipinski definition) is 3. The number of nitrogens with zero attached hydrogens (tertiary/aromatic N) is 1. The summed E-state index contributed by atoms with van der Waals surface area (Å²) in [7, 11) is 0. The number of carbonyl (C=O) groups excluding carboxylic acids is 2. The second-order valence-corrected chi connectivity index (χ2v) is 11.1. The van der Waals surface area contributed by atoms with Gasteiger partial charge in [-0.3, -0.25) is 9.59 Å². The van der Waals surface area contributed by atoms with Crippen LogP contribution in [0.3, 0.4) is 0 Å². The molecule has 2 aliphatic carbocycles. The van der Waals surface area contributed by atoms with E-state index >= 15 is 0 Å². The van der Waals surface area contributed by atoms with Crippen molar-refractivity contribution in [2.45, 2.75) is 82.8 Å². The van der Waals surface area contributed by atoms with Crippen LogP contribution in [0.4, 0.5) is 17.6 Å². The van der Waals surface area contributed by atoms with Crippen LogP contribution in [0.25, 0.3) is 0 Å². The summed E-state index contributed by atoms with van der Waals surface area (Å²) in [6.45, 7) is 2.82. The van der Waals surface area contributed by atoms with Gasteiger partial charge >= 0.3 is 6.18 Å². The summed E-state index contributed by atoms with van der Waals surface area (Å²) >= 11 is 0. The number of halogens is 4. The van der Waals surface area contributed by atoms with Crippen LogP contribution in [0.1, 0.15) is 81.0 Å². The number of Topliss-reactive ketones (excluding diaryl/α,β-unsaturated/α-hetero) is 1. The van der Waals surface area contributed by atoms with Crippen LogP contribution in [-0.2, 0) is 4.79 Å². The molecule has 4 rings (SSSR count). The Bertz CT molecular complexity index is 865. The van der Waals surface area contributed by atoms with E-state index in [2.05, 4.69) is 10.2 Å². The molecule has 0 unspecified atom stereocenters. The Morgan fingerprint density at radius 2 is 1.44 bits per heavy atom. The average molecular weight is 511 g/mol. The van der Waals surface area contributed by atoms with Crippen molar-refractivity contribution in [1.29, 1.82) is 0 Å². The predicted molar refractivity (Wildman–Crippen MR) is 130 cm³/mol. The lowest BCUT2D eigenvalue weighted by Crippen LogP contribution is -2.43. The van der Waals surface area contributed by atoms with Crippen molar-refractivity contribution < 1.29 is 27.2 Å². The lowest BCUT2D eigenvalue weighted by molar-refractivity contribution is -0.184. The number of rotatable bonds is 7. The largest absolute Gasteiger partial charge is 0.391 e. The number of amides is 1. The van der Waals surface area contributed by atoms with Gasteiger partial charge in [-0.1, -0.05) is 0 Å². The molecule has 1 heterocycles. The van der Waals surface area contributed by atoms with Gasteiger partial charge in [0.15, 0.2) is 5.78 Å². The third-order valence-electron chi connectivity index (χ3n) is 8.69. The van der Waals surface area contributed by atoms with E-state index in [0.717, 1.165) is 64.6 Å². The lowest BCUT2D eigenvalue weighted by Gasteiger charge is -2.35. The maximum atomic E-state index is 13.1. The van der Waals surface area contributed by atoms with E-state index < -0.39 is 12.1 Å². The Kier molecular flexibility index (Phi) is 9.07. The van der Waals surface area contributed by atoms with Gasteiger partial charge in [-0.05, 0) is 120 Å².